The number of carbonyl (C=O) groups excluding carboxylic acids is 1. The second-order valence-corrected chi connectivity index (χ2v) is 6.42. The van der Waals surface area contributed by atoms with E-state index in [1.54, 1.807) is 7.05 Å². The van der Waals surface area contributed by atoms with Crippen molar-refractivity contribution in [2.45, 2.75) is 4.90 Å². The second-order valence-electron chi connectivity index (χ2n) is 4.49. The van der Waals surface area contributed by atoms with Crippen LogP contribution in [0.2, 0.25) is 0 Å². The molecule has 1 fully saturated rings. The maximum atomic E-state index is 12.4. The Morgan fingerprint density at radius 2 is 2.00 bits per heavy atom. The molecule has 0 radical (unpaired) electrons. The van der Waals surface area contributed by atoms with Gasteiger partial charge in [-0.05, 0) is 18.2 Å². The molecule has 0 aliphatic carbocycles. The summed E-state index contributed by atoms with van der Waals surface area (Å²) < 4.78 is 25.8. The molecule has 0 bridgehead atoms. The molecule has 0 atom stereocenters. The summed E-state index contributed by atoms with van der Waals surface area (Å²) in [7, 11) is -2.24. The minimum Gasteiger partial charge on any atom is -0.478 e. The van der Waals surface area contributed by atoms with Gasteiger partial charge in [0.1, 0.15) is 0 Å². The van der Waals surface area contributed by atoms with Crippen molar-refractivity contribution >= 4 is 21.9 Å². The van der Waals surface area contributed by atoms with Gasteiger partial charge in [0, 0.05) is 20.1 Å². The van der Waals surface area contributed by atoms with Crippen LogP contribution in [0.15, 0.2) is 29.2 Å². The van der Waals surface area contributed by atoms with E-state index in [2.05, 4.69) is 0 Å². The molecule has 108 valence electrons. The van der Waals surface area contributed by atoms with E-state index >= 15 is 0 Å². The number of carboxylic acids is 1. The summed E-state index contributed by atoms with van der Waals surface area (Å²) in [5.74, 6) is -1.48. The number of piperazine rings is 1. The molecule has 8 heteroatoms. The number of benzene rings is 1. The first-order valence-corrected chi connectivity index (χ1v) is 7.34. The van der Waals surface area contributed by atoms with Crippen molar-refractivity contribution in [3.05, 3.63) is 29.8 Å². The van der Waals surface area contributed by atoms with Crippen LogP contribution in [-0.4, -0.2) is 61.3 Å². The van der Waals surface area contributed by atoms with Crippen molar-refractivity contribution in [2.24, 2.45) is 0 Å². The molecule has 0 aromatic heterocycles. The monoisotopic (exact) mass is 298 g/mol. The fourth-order valence-corrected chi connectivity index (χ4v) is 3.31. The smallest absolute Gasteiger partial charge is 0.335 e. The minimum atomic E-state index is -3.85. The number of amides is 1. The zero-order chi connectivity index (χ0) is 14.9. The van der Waals surface area contributed by atoms with Gasteiger partial charge < -0.3 is 10.0 Å². The topological polar surface area (TPSA) is 95.0 Å². The van der Waals surface area contributed by atoms with E-state index in [9.17, 15) is 18.0 Å². The van der Waals surface area contributed by atoms with E-state index in [1.807, 2.05) is 0 Å². The van der Waals surface area contributed by atoms with E-state index in [1.165, 1.54) is 23.1 Å². The fourth-order valence-electron chi connectivity index (χ4n) is 1.88. The Hall–Kier alpha value is -1.93. The molecular formula is C12H14N2O5S. The van der Waals surface area contributed by atoms with Gasteiger partial charge in [-0.3, -0.25) is 4.79 Å². The SMILES string of the molecule is CN1CCN(S(=O)(=O)c2cccc(C(=O)O)c2)CC1=O. The number of likely N-dealkylation sites (N-methyl/N-ethyl adjacent to an activating group) is 1. The number of rotatable bonds is 3. The highest BCUT2D eigenvalue weighted by Gasteiger charge is 2.31. The van der Waals surface area contributed by atoms with Crippen LogP contribution < -0.4 is 0 Å². The summed E-state index contributed by atoms with van der Waals surface area (Å²) in [5, 5.41) is 8.89. The fraction of sp³-hybridized carbons (Fsp3) is 0.333. The second kappa shape index (κ2) is 5.22. The molecular weight excluding hydrogens is 284 g/mol. The van der Waals surface area contributed by atoms with Crippen molar-refractivity contribution < 1.29 is 23.1 Å². The molecule has 0 spiro atoms. The maximum absolute atomic E-state index is 12.4. The largest absolute Gasteiger partial charge is 0.478 e. The van der Waals surface area contributed by atoms with Crippen molar-refractivity contribution in [3.8, 4) is 0 Å². The van der Waals surface area contributed by atoms with Crippen LogP contribution in [-0.2, 0) is 14.8 Å². The van der Waals surface area contributed by atoms with Gasteiger partial charge in [-0.2, -0.15) is 4.31 Å². The van der Waals surface area contributed by atoms with Gasteiger partial charge in [-0.1, -0.05) is 6.07 Å². The first-order chi connectivity index (χ1) is 9.32. The Balaban J connectivity index is 2.33. The average Bonchev–Trinajstić information content (AvgIpc) is 2.42. The third-order valence-corrected chi connectivity index (χ3v) is 4.98. The molecule has 1 N–H and O–H groups in total. The van der Waals surface area contributed by atoms with Gasteiger partial charge >= 0.3 is 5.97 Å². The molecule has 1 aliphatic heterocycles. The average molecular weight is 298 g/mol. The number of nitrogens with zero attached hydrogens (tertiary/aromatic N) is 2. The lowest BCUT2D eigenvalue weighted by Crippen LogP contribution is -2.50. The Bertz CT molecular complexity index is 656. The number of aromatic carboxylic acids is 1. The van der Waals surface area contributed by atoms with Gasteiger partial charge in [0.25, 0.3) is 0 Å². The molecule has 2 rings (SSSR count). The van der Waals surface area contributed by atoms with E-state index in [-0.39, 0.29) is 29.5 Å². The van der Waals surface area contributed by atoms with Gasteiger partial charge in [0.05, 0.1) is 17.0 Å². The van der Waals surface area contributed by atoms with Crippen LogP contribution in [0, 0.1) is 0 Å². The number of hydrogen-bond donors (Lipinski definition) is 1. The van der Waals surface area contributed by atoms with E-state index in [0.29, 0.717) is 6.54 Å². The van der Waals surface area contributed by atoms with Gasteiger partial charge in [0.15, 0.2) is 0 Å². The number of carboxylic acid groups (broad SMARTS) is 1. The number of sulfonamides is 1. The number of carbonyl (C=O) groups is 2. The van der Waals surface area contributed by atoms with Gasteiger partial charge in [-0.25, -0.2) is 13.2 Å². The highest BCUT2D eigenvalue weighted by atomic mass is 32.2. The van der Waals surface area contributed by atoms with Crippen LogP contribution in [0.3, 0.4) is 0 Å². The lowest BCUT2D eigenvalue weighted by atomic mass is 10.2. The van der Waals surface area contributed by atoms with Crippen LogP contribution in [0.4, 0.5) is 0 Å². The molecule has 1 aromatic rings. The van der Waals surface area contributed by atoms with Gasteiger partial charge in [-0.15, -0.1) is 0 Å². The quantitative estimate of drug-likeness (QED) is 0.837. The first kappa shape index (κ1) is 14.5. The predicted octanol–water partition coefficient (Wildman–Crippen LogP) is -0.153. The molecule has 20 heavy (non-hydrogen) atoms. The summed E-state index contributed by atoms with van der Waals surface area (Å²) in [6.07, 6.45) is 0. The van der Waals surface area contributed by atoms with Crippen LogP contribution in [0.25, 0.3) is 0 Å². The predicted molar refractivity (Wildman–Crippen MR) is 69.8 cm³/mol. The summed E-state index contributed by atoms with van der Waals surface area (Å²) in [5.41, 5.74) is -0.105. The normalized spacial score (nSPS) is 17.2. The van der Waals surface area contributed by atoms with E-state index < -0.39 is 16.0 Å². The van der Waals surface area contributed by atoms with E-state index in [0.717, 1.165) is 10.4 Å². The summed E-state index contributed by atoms with van der Waals surface area (Å²) in [6.45, 7) is 0.286. The molecule has 1 amide bonds. The van der Waals surface area contributed by atoms with Crippen LogP contribution in [0.1, 0.15) is 10.4 Å². The molecule has 0 unspecified atom stereocenters. The number of hydrogen-bond acceptors (Lipinski definition) is 4. The molecule has 1 saturated heterocycles. The van der Waals surface area contributed by atoms with Crippen LogP contribution in [0.5, 0.6) is 0 Å². The summed E-state index contributed by atoms with van der Waals surface area (Å²) in [6, 6.07) is 5.11. The summed E-state index contributed by atoms with van der Waals surface area (Å²) >= 11 is 0. The van der Waals surface area contributed by atoms with E-state index in [4.69, 9.17) is 5.11 Å². The molecule has 1 heterocycles. The highest BCUT2D eigenvalue weighted by Crippen LogP contribution is 2.19. The van der Waals surface area contributed by atoms with Crippen molar-refractivity contribution in [1.29, 1.82) is 0 Å². The molecule has 7 nitrogen and oxygen atoms in total. The van der Waals surface area contributed by atoms with Crippen molar-refractivity contribution in [1.82, 2.24) is 9.21 Å². The van der Waals surface area contributed by atoms with Crippen molar-refractivity contribution in [2.75, 3.05) is 26.7 Å². The lowest BCUT2D eigenvalue weighted by molar-refractivity contribution is -0.132. The zero-order valence-corrected chi connectivity index (χ0v) is 11.6. The summed E-state index contributed by atoms with van der Waals surface area (Å²) in [4.78, 5) is 23.8. The first-order valence-electron chi connectivity index (χ1n) is 5.90. The zero-order valence-electron chi connectivity index (χ0n) is 10.8. The standard InChI is InChI=1S/C12H14N2O5S/c1-13-5-6-14(8-11(13)15)20(18,19)10-4-2-3-9(7-10)12(16)17/h2-4,7H,5-6,8H2,1H3,(H,16,17). The lowest BCUT2D eigenvalue weighted by Gasteiger charge is -2.31. The third kappa shape index (κ3) is 2.66. The molecule has 1 aromatic carbocycles. The third-order valence-electron chi connectivity index (χ3n) is 3.14. The van der Waals surface area contributed by atoms with Gasteiger partial charge in [0.2, 0.25) is 15.9 Å². The van der Waals surface area contributed by atoms with Crippen molar-refractivity contribution in [3.63, 3.8) is 0 Å². The Morgan fingerprint density at radius 1 is 1.30 bits per heavy atom. The Labute approximate surface area is 116 Å². The molecule has 1 aliphatic rings. The Kier molecular flexibility index (Phi) is 3.78. The Morgan fingerprint density at radius 3 is 2.60 bits per heavy atom. The highest BCUT2D eigenvalue weighted by molar-refractivity contribution is 7.89. The maximum Gasteiger partial charge on any atom is 0.335 e. The minimum absolute atomic E-state index is 0.105. The molecule has 0 saturated carbocycles. The van der Waals surface area contributed by atoms with Crippen LogP contribution >= 0.6 is 0 Å².